The Labute approximate surface area is 112 Å². The summed E-state index contributed by atoms with van der Waals surface area (Å²) in [5, 5.41) is 3.68. The maximum absolute atomic E-state index is 5.69. The van der Waals surface area contributed by atoms with E-state index in [1.165, 1.54) is 38.6 Å². The lowest BCUT2D eigenvalue weighted by Gasteiger charge is -2.37. The molecule has 0 aromatic rings. The predicted octanol–water partition coefficient (Wildman–Crippen LogP) is 2.26. The third kappa shape index (κ3) is 3.46. The molecule has 0 radical (unpaired) electrons. The van der Waals surface area contributed by atoms with Gasteiger partial charge >= 0.3 is 0 Å². The summed E-state index contributed by atoms with van der Waals surface area (Å²) in [5.41, 5.74) is 0. The fourth-order valence-corrected chi connectivity index (χ4v) is 3.76. The predicted molar refractivity (Wildman–Crippen MR) is 75.9 cm³/mol. The molecule has 4 unspecified atom stereocenters. The van der Waals surface area contributed by atoms with Gasteiger partial charge in [-0.1, -0.05) is 19.8 Å². The van der Waals surface area contributed by atoms with Gasteiger partial charge in [-0.05, 0) is 45.7 Å². The van der Waals surface area contributed by atoms with E-state index in [1.54, 1.807) is 0 Å². The molecule has 106 valence electrons. The summed E-state index contributed by atoms with van der Waals surface area (Å²) in [5.74, 6) is 0.830. The van der Waals surface area contributed by atoms with E-state index in [4.69, 9.17) is 4.74 Å². The third-order valence-corrected chi connectivity index (χ3v) is 4.80. The zero-order valence-corrected chi connectivity index (χ0v) is 12.3. The quantitative estimate of drug-likeness (QED) is 0.814. The van der Waals surface area contributed by atoms with Gasteiger partial charge in [0.1, 0.15) is 0 Å². The second-order valence-corrected chi connectivity index (χ2v) is 6.08. The molecule has 1 saturated carbocycles. The molecule has 0 bridgehead atoms. The molecule has 1 N–H and O–H groups in total. The number of hydrogen-bond acceptors (Lipinski definition) is 3. The molecule has 0 amide bonds. The standard InChI is InChI=1S/C15H30N2O/c1-4-16-14-8-6-5-7-13(14)11-17(3)15-9-10-18-12(15)2/h12-16H,4-11H2,1-3H3. The highest BCUT2D eigenvalue weighted by Gasteiger charge is 2.31. The van der Waals surface area contributed by atoms with Crippen LogP contribution in [0, 0.1) is 5.92 Å². The van der Waals surface area contributed by atoms with Crippen molar-refractivity contribution in [3.8, 4) is 0 Å². The van der Waals surface area contributed by atoms with Gasteiger partial charge in [-0.3, -0.25) is 0 Å². The first-order valence-electron chi connectivity index (χ1n) is 7.77. The van der Waals surface area contributed by atoms with Gasteiger partial charge in [-0.15, -0.1) is 0 Å². The molecule has 0 aromatic carbocycles. The van der Waals surface area contributed by atoms with Gasteiger partial charge in [0.2, 0.25) is 0 Å². The van der Waals surface area contributed by atoms with Crippen LogP contribution in [0.15, 0.2) is 0 Å². The lowest BCUT2D eigenvalue weighted by atomic mass is 9.83. The second-order valence-electron chi connectivity index (χ2n) is 6.08. The minimum absolute atomic E-state index is 0.413. The van der Waals surface area contributed by atoms with Crippen LogP contribution in [0.25, 0.3) is 0 Å². The second kappa shape index (κ2) is 6.88. The Morgan fingerprint density at radius 2 is 2.00 bits per heavy atom. The van der Waals surface area contributed by atoms with E-state index < -0.39 is 0 Å². The van der Waals surface area contributed by atoms with Crippen molar-refractivity contribution in [2.45, 2.75) is 64.1 Å². The fraction of sp³-hybridized carbons (Fsp3) is 1.00. The highest BCUT2D eigenvalue weighted by atomic mass is 16.5. The number of hydrogen-bond donors (Lipinski definition) is 1. The Bertz CT molecular complexity index is 245. The highest BCUT2D eigenvalue weighted by Crippen LogP contribution is 2.27. The Morgan fingerprint density at radius 1 is 1.22 bits per heavy atom. The van der Waals surface area contributed by atoms with Gasteiger partial charge in [0.25, 0.3) is 0 Å². The molecule has 3 heteroatoms. The van der Waals surface area contributed by atoms with Crippen molar-refractivity contribution in [2.75, 3.05) is 26.7 Å². The minimum Gasteiger partial charge on any atom is -0.377 e. The summed E-state index contributed by atoms with van der Waals surface area (Å²) >= 11 is 0. The first-order valence-corrected chi connectivity index (χ1v) is 7.77. The lowest BCUT2D eigenvalue weighted by molar-refractivity contribution is 0.0714. The molecule has 1 heterocycles. The molecule has 1 saturated heterocycles. The van der Waals surface area contributed by atoms with Gasteiger partial charge in [0.05, 0.1) is 6.10 Å². The van der Waals surface area contributed by atoms with Gasteiger partial charge in [0.15, 0.2) is 0 Å². The summed E-state index contributed by atoms with van der Waals surface area (Å²) in [6, 6.07) is 1.37. The van der Waals surface area contributed by atoms with Crippen LogP contribution in [0.4, 0.5) is 0 Å². The van der Waals surface area contributed by atoms with Crippen molar-refractivity contribution >= 4 is 0 Å². The van der Waals surface area contributed by atoms with E-state index in [0.717, 1.165) is 25.1 Å². The van der Waals surface area contributed by atoms with Crippen LogP contribution in [-0.4, -0.2) is 49.8 Å². The van der Waals surface area contributed by atoms with Crippen LogP contribution in [0.2, 0.25) is 0 Å². The van der Waals surface area contributed by atoms with Crippen molar-refractivity contribution < 1.29 is 4.74 Å². The van der Waals surface area contributed by atoms with Crippen LogP contribution < -0.4 is 5.32 Å². The zero-order chi connectivity index (χ0) is 13.0. The Hall–Kier alpha value is -0.120. The van der Waals surface area contributed by atoms with Crippen LogP contribution >= 0.6 is 0 Å². The van der Waals surface area contributed by atoms with Gasteiger partial charge in [0, 0.05) is 25.2 Å². The lowest BCUT2D eigenvalue weighted by Crippen LogP contribution is -2.47. The van der Waals surface area contributed by atoms with Crippen molar-refractivity contribution in [1.82, 2.24) is 10.2 Å². The summed E-state index contributed by atoms with van der Waals surface area (Å²) in [6.45, 7) is 7.72. The summed E-state index contributed by atoms with van der Waals surface area (Å²) < 4.78 is 5.69. The number of nitrogens with zero attached hydrogens (tertiary/aromatic N) is 1. The zero-order valence-electron chi connectivity index (χ0n) is 12.3. The Morgan fingerprint density at radius 3 is 2.67 bits per heavy atom. The van der Waals surface area contributed by atoms with Gasteiger partial charge in [-0.2, -0.15) is 0 Å². The molecule has 18 heavy (non-hydrogen) atoms. The molecule has 2 aliphatic rings. The molecule has 1 aliphatic carbocycles. The van der Waals surface area contributed by atoms with Crippen molar-refractivity contribution in [1.29, 1.82) is 0 Å². The molecular weight excluding hydrogens is 224 g/mol. The molecule has 2 fully saturated rings. The number of nitrogens with one attached hydrogen (secondary N) is 1. The monoisotopic (exact) mass is 254 g/mol. The van der Waals surface area contributed by atoms with E-state index in [2.05, 4.69) is 31.1 Å². The molecule has 3 nitrogen and oxygen atoms in total. The molecular formula is C15H30N2O. The minimum atomic E-state index is 0.413. The van der Waals surface area contributed by atoms with Crippen LogP contribution in [0.3, 0.4) is 0 Å². The van der Waals surface area contributed by atoms with Crippen molar-refractivity contribution in [3.05, 3.63) is 0 Å². The average Bonchev–Trinajstić information content (AvgIpc) is 2.78. The normalized spacial score (nSPS) is 37.3. The van der Waals surface area contributed by atoms with Crippen LogP contribution in [0.5, 0.6) is 0 Å². The van der Waals surface area contributed by atoms with Gasteiger partial charge < -0.3 is 15.0 Å². The number of rotatable bonds is 5. The molecule has 0 spiro atoms. The maximum atomic E-state index is 5.69. The first kappa shape index (κ1) is 14.3. The summed E-state index contributed by atoms with van der Waals surface area (Å²) in [7, 11) is 2.29. The van der Waals surface area contributed by atoms with Crippen molar-refractivity contribution in [2.24, 2.45) is 5.92 Å². The van der Waals surface area contributed by atoms with E-state index in [9.17, 15) is 0 Å². The number of ether oxygens (including phenoxy) is 1. The smallest absolute Gasteiger partial charge is 0.0702 e. The van der Waals surface area contributed by atoms with E-state index in [0.29, 0.717) is 12.1 Å². The SMILES string of the molecule is CCNC1CCCCC1CN(C)C1CCOC1C. The molecule has 0 aromatic heterocycles. The van der Waals surface area contributed by atoms with Crippen molar-refractivity contribution in [3.63, 3.8) is 0 Å². The van der Waals surface area contributed by atoms with Crippen LogP contribution in [0.1, 0.15) is 46.0 Å². The average molecular weight is 254 g/mol. The molecule has 2 rings (SSSR count). The summed E-state index contributed by atoms with van der Waals surface area (Å²) in [4.78, 5) is 2.55. The highest BCUT2D eigenvalue weighted by molar-refractivity contribution is 4.86. The Balaban J connectivity index is 1.85. The van der Waals surface area contributed by atoms with Crippen LogP contribution in [-0.2, 0) is 4.74 Å². The van der Waals surface area contributed by atoms with E-state index in [-0.39, 0.29) is 0 Å². The summed E-state index contributed by atoms with van der Waals surface area (Å²) in [6.07, 6.45) is 7.19. The molecule has 1 aliphatic heterocycles. The number of likely N-dealkylation sites (N-methyl/N-ethyl adjacent to an activating group) is 1. The third-order valence-electron chi connectivity index (χ3n) is 4.80. The Kier molecular flexibility index (Phi) is 5.46. The first-order chi connectivity index (χ1) is 8.72. The van der Waals surface area contributed by atoms with E-state index >= 15 is 0 Å². The van der Waals surface area contributed by atoms with Gasteiger partial charge in [-0.25, -0.2) is 0 Å². The fourth-order valence-electron chi connectivity index (χ4n) is 3.76. The maximum Gasteiger partial charge on any atom is 0.0702 e. The molecule has 4 atom stereocenters. The largest absolute Gasteiger partial charge is 0.377 e. The topological polar surface area (TPSA) is 24.5 Å². The van der Waals surface area contributed by atoms with E-state index in [1.807, 2.05) is 0 Å².